The molecule has 0 bridgehead atoms. The Labute approximate surface area is 125 Å². The van der Waals surface area contributed by atoms with E-state index in [-0.39, 0.29) is 12.0 Å². The fourth-order valence-corrected chi connectivity index (χ4v) is 4.40. The van der Waals surface area contributed by atoms with Crippen LogP contribution in [0.3, 0.4) is 0 Å². The van der Waals surface area contributed by atoms with E-state index in [1.54, 1.807) is 0 Å². The number of aliphatic hydroxyl groups excluding tert-OH is 1. The quantitative estimate of drug-likeness (QED) is 0.916. The Morgan fingerprint density at radius 1 is 1.15 bits per heavy atom. The molecule has 1 heterocycles. The van der Waals surface area contributed by atoms with Crippen molar-refractivity contribution >= 4 is 11.8 Å². The van der Waals surface area contributed by atoms with Gasteiger partial charge < -0.3 is 5.11 Å². The number of hydrogen-bond acceptors (Lipinski definition) is 2. The molecule has 1 aliphatic heterocycles. The van der Waals surface area contributed by atoms with E-state index in [0.717, 1.165) is 12.2 Å². The maximum atomic E-state index is 10.6. The van der Waals surface area contributed by atoms with Crippen LogP contribution < -0.4 is 0 Å². The van der Waals surface area contributed by atoms with Gasteiger partial charge in [-0.05, 0) is 37.5 Å². The third-order valence-electron chi connectivity index (χ3n) is 3.93. The van der Waals surface area contributed by atoms with Crippen molar-refractivity contribution in [2.24, 2.45) is 0 Å². The first-order valence-corrected chi connectivity index (χ1v) is 8.09. The van der Waals surface area contributed by atoms with Gasteiger partial charge in [-0.3, -0.25) is 0 Å². The van der Waals surface area contributed by atoms with Gasteiger partial charge in [-0.25, -0.2) is 0 Å². The van der Waals surface area contributed by atoms with Crippen molar-refractivity contribution in [1.29, 1.82) is 0 Å². The normalized spacial score (nSPS) is 18.9. The molecule has 2 unspecified atom stereocenters. The van der Waals surface area contributed by atoms with E-state index in [9.17, 15) is 5.11 Å². The Kier molecular flexibility index (Phi) is 3.86. The largest absolute Gasteiger partial charge is 0.392 e. The molecule has 0 saturated heterocycles. The van der Waals surface area contributed by atoms with E-state index < -0.39 is 0 Å². The lowest BCUT2D eigenvalue weighted by atomic mass is 9.90. The molecule has 0 saturated carbocycles. The molecule has 2 aromatic rings. The molecule has 0 spiro atoms. The highest BCUT2D eigenvalue weighted by Gasteiger charge is 2.28. The van der Waals surface area contributed by atoms with Crippen LogP contribution in [0.5, 0.6) is 0 Å². The monoisotopic (exact) mass is 284 g/mol. The van der Waals surface area contributed by atoms with Gasteiger partial charge in [-0.15, -0.1) is 11.8 Å². The number of fused-ring (bicyclic) bond motifs is 1. The van der Waals surface area contributed by atoms with Crippen molar-refractivity contribution in [2.45, 2.75) is 37.2 Å². The lowest BCUT2D eigenvalue weighted by Gasteiger charge is -2.19. The summed E-state index contributed by atoms with van der Waals surface area (Å²) in [7, 11) is 0. The number of hydrogen-bond donors (Lipinski definition) is 1. The minimum atomic E-state index is -0.299. The first-order valence-electron chi connectivity index (χ1n) is 7.10. The van der Waals surface area contributed by atoms with Gasteiger partial charge in [-0.1, -0.05) is 47.5 Å². The van der Waals surface area contributed by atoms with Crippen LogP contribution in [0.15, 0.2) is 47.4 Å². The summed E-state index contributed by atoms with van der Waals surface area (Å²) in [6.07, 6.45) is 0.439. The molecule has 0 aromatic heterocycles. The minimum absolute atomic E-state index is 0.261. The Morgan fingerprint density at radius 3 is 2.60 bits per heavy atom. The van der Waals surface area contributed by atoms with E-state index in [2.05, 4.69) is 56.3 Å². The van der Waals surface area contributed by atoms with Gasteiger partial charge >= 0.3 is 0 Å². The highest BCUT2D eigenvalue weighted by molar-refractivity contribution is 7.99. The molecular weight excluding hydrogens is 264 g/mol. The first-order chi connectivity index (χ1) is 9.63. The molecular formula is C18H20OS. The van der Waals surface area contributed by atoms with Gasteiger partial charge in [0, 0.05) is 16.6 Å². The zero-order chi connectivity index (χ0) is 14.1. The second-order valence-corrected chi connectivity index (χ2v) is 6.78. The van der Waals surface area contributed by atoms with E-state index in [0.29, 0.717) is 0 Å². The third-order valence-corrected chi connectivity index (χ3v) is 5.14. The van der Waals surface area contributed by atoms with E-state index >= 15 is 0 Å². The van der Waals surface area contributed by atoms with Crippen LogP contribution in [-0.4, -0.2) is 17.0 Å². The van der Waals surface area contributed by atoms with Crippen molar-refractivity contribution in [3.05, 3.63) is 64.7 Å². The van der Waals surface area contributed by atoms with Crippen molar-refractivity contribution in [1.82, 2.24) is 0 Å². The van der Waals surface area contributed by atoms with Crippen LogP contribution in [0.1, 0.15) is 28.2 Å². The minimum Gasteiger partial charge on any atom is -0.392 e. The van der Waals surface area contributed by atoms with Gasteiger partial charge in [0.15, 0.2) is 0 Å². The van der Waals surface area contributed by atoms with Crippen molar-refractivity contribution in [3.63, 3.8) is 0 Å². The average Bonchev–Trinajstić information content (AvgIpc) is 2.81. The molecule has 0 aliphatic carbocycles. The zero-order valence-corrected chi connectivity index (χ0v) is 12.8. The van der Waals surface area contributed by atoms with E-state index in [1.165, 1.54) is 27.1 Å². The molecule has 1 N–H and O–H groups in total. The van der Waals surface area contributed by atoms with Crippen LogP contribution in [0, 0.1) is 13.8 Å². The van der Waals surface area contributed by atoms with E-state index in [1.807, 2.05) is 11.8 Å². The molecule has 1 nitrogen and oxygen atoms in total. The molecule has 0 fully saturated rings. The summed E-state index contributed by atoms with van der Waals surface area (Å²) in [4.78, 5) is 1.33. The smallest absolute Gasteiger partial charge is 0.0657 e. The fourth-order valence-electron chi connectivity index (χ4n) is 3.08. The number of benzene rings is 2. The molecule has 0 amide bonds. The molecule has 2 heteroatoms. The summed E-state index contributed by atoms with van der Waals surface area (Å²) < 4.78 is 0. The third kappa shape index (κ3) is 2.77. The van der Waals surface area contributed by atoms with Gasteiger partial charge in [0.25, 0.3) is 0 Å². The average molecular weight is 284 g/mol. The Morgan fingerprint density at radius 2 is 1.85 bits per heavy atom. The van der Waals surface area contributed by atoms with Crippen LogP contribution >= 0.6 is 11.8 Å². The van der Waals surface area contributed by atoms with Gasteiger partial charge in [-0.2, -0.15) is 0 Å². The molecule has 3 rings (SSSR count). The highest BCUT2D eigenvalue weighted by Crippen LogP contribution is 2.41. The Hall–Kier alpha value is -1.25. The van der Waals surface area contributed by atoms with Crippen LogP contribution in [0.25, 0.3) is 0 Å². The number of aliphatic hydroxyl groups is 1. The molecule has 0 radical (unpaired) electrons. The zero-order valence-electron chi connectivity index (χ0n) is 12.0. The molecule has 1 aliphatic rings. The summed E-state index contributed by atoms with van der Waals surface area (Å²) in [6, 6.07) is 15.0. The summed E-state index contributed by atoms with van der Waals surface area (Å²) in [5, 5.41) is 10.6. The van der Waals surface area contributed by atoms with Crippen molar-refractivity contribution in [2.75, 3.05) is 5.75 Å². The van der Waals surface area contributed by atoms with Crippen LogP contribution in [0.2, 0.25) is 0 Å². The van der Waals surface area contributed by atoms with Gasteiger partial charge in [0.1, 0.15) is 0 Å². The van der Waals surface area contributed by atoms with Gasteiger partial charge in [0.05, 0.1) is 6.10 Å². The summed E-state index contributed by atoms with van der Waals surface area (Å²) in [5.74, 6) is 1.25. The fraction of sp³-hybridized carbons (Fsp3) is 0.333. The lowest BCUT2D eigenvalue weighted by molar-refractivity contribution is 0.151. The predicted molar refractivity (Wildman–Crippen MR) is 85.5 cm³/mol. The topological polar surface area (TPSA) is 20.2 Å². The summed E-state index contributed by atoms with van der Waals surface area (Å²) in [5.41, 5.74) is 5.10. The van der Waals surface area contributed by atoms with Crippen LogP contribution in [-0.2, 0) is 6.42 Å². The van der Waals surface area contributed by atoms with Crippen LogP contribution in [0.4, 0.5) is 0 Å². The van der Waals surface area contributed by atoms with Crippen molar-refractivity contribution in [3.8, 4) is 0 Å². The number of rotatable bonds is 3. The molecule has 2 atom stereocenters. The summed E-state index contributed by atoms with van der Waals surface area (Å²) in [6.45, 7) is 4.23. The predicted octanol–water partition coefficient (Wildman–Crippen LogP) is 4.10. The second kappa shape index (κ2) is 5.63. The first kappa shape index (κ1) is 13.7. The highest BCUT2D eigenvalue weighted by atomic mass is 32.2. The van der Waals surface area contributed by atoms with Crippen molar-refractivity contribution < 1.29 is 5.11 Å². The summed E-state index contributed by atoms with van der Waals surface area (Å²) >= 11 is 1.86. The number of aryl methyl sites for hydroxylation is 2. The SMILES string of the molecule is Cc1cc(C)cc(CC(O)C2CSc3ccccc32)c1. The molecule has 20 heavy (non-hydrogen) atoms. The maximum absolute atomic E-state index is 10.6. The van der Waals surface area contributed by atoms with E-state index in [4.69, 9.17) is 0 Å². The van der Waals surface area contributed by atoms with Gasteiger partial charge in [0.2, 0.25) is 0 Å². The standard InChI is InChI=1S/C18H20OS/c1-12-7-13(2)9-14(8-12)10-17(19)16-11-20-18-6-4-3-5-15(16)18/h3-9,16-17,19H,10-11H2,1-2H3. The molecule has 2 aromatic carbocycles. The molecule has 104 valence electrons. The second-order valence-electron chi connectivity index (χ2n) is 5.72. The number of thioether (sulfide) groups is 1. The lowest BCUT2D eigenvalue weighted by Crippen LogP contribution is -2.21. The maximum Gasteiger partial charge on any atom is 0.0657 e. The Balaban J connectivity index is 1.79. The Bertz CT molecular complexity index is 600.